The predicted octanol–water partition coefficient (Wildman–Crippen LogP) is 3.32. The summed E-state index contributed by atoms with van der Waals surface area (Å²) in [5.74, 6) is 0.579. The Kier molecular flexibility index (Phi) is 4.50. The maximum atomic E-state index is 6.11. The number of rotatable bonds is 5. The van der Waals surface area contributed by atoms with Crippen LogP contribution in [0.1, 0.15) is 37.1 Å². The fourth-order valence-corrected chi connectivity index (χ4v) is 2.75. The lowest BCUT2D eigenvalue weighted by Gasteiger charge is -2.31. The summed E-state index contributed by atoms with van der Waals surface area (Å²) >= 11 is 0. The second-order valence-corrected chi connectivity index (χ2v) is 5.50. The molecular weight excluding hydrogens is 266 g/mol. The topological polar surface area (TPSA) is 60.2 Å². The van der Waals surface area contributed by atoms with E-state index in [1.54, 1.807) is 6.92 Å². The van der Waals surface area contributed by atoms with E-state index in [2.05, 4.69) is 27.6 Å². The SMILES string of the molecule is Cc1nnc(N[C@@H]2CCCC[C@H]2OCc2ccccc2)o1. The summed E-state index contributed by atoms with van der Waals surface area (Å²) in [5.41, 5.74) is 1.20. The second kappa shape index (κ2) is 6.72. The normalized spacial score (nSPS) is 22.1. The Morgan fingerprint density at radius 1 is 1.19 bits per heavy atom. The molecule has 1 aliphatic rings. The summed E-state index contributed by atoms with van der Waals surface area (Å²) in [6.45, 7) is 2.44. The molecule has 21 heavy (non-hydrogen) atoms. The molecule has 5 heteroatoms. The Bertz CT molecular complexity index is 556. The van der Waals surface area contributed by atoms with E-state index in [0.717, 1.165) is 12.8 Å². The van der Waals surface area contributed by atoms with Gasteiger partial charge in [0.15, 0.2) is 0 Å². The molecule has 1 saturated carbocycles. The van der Waals surface area contributed by atoms with Crippen molar-refractivity contribution in [2.24, 2.45) is 0 Å². The zero-order valence-electron chi connectivity index (χ0n) is 12.3. The van der Waals surface area contributed by atoms with Crippen LogP contribution in [0, 0.1) is 6.92 Å². The van der Waals surface area contributed by atoms with Crippen LogP contribution in [0.2, 0.25) is 0 Å². The van der Waals surface area contributed by atoms with E-state index in [1.165, 1.54) is 18.4 Å². The van der Waals surface area contributed by atoms with Crippen LogP contribution in [0.5, 0.6) is 0 Å². The lowest BCUT2D eigenvalue weighted by Crippen LogP contribution is -2.38. The number of hydrogen-bond donors (Lipinski definition) is 1. The summed E-state index contributed by atoms with van der Waals surface area (Å²) in [4.78, 5) is 0. The molecule has 0 spiro atoms. The summed E-state index contributed by atoms with van der Waals surface area (Å²) in [5, 5.41) is 11.2. The molecule has 0 saturated heterocycles. The molecule has 112 valence electrons. The second-order valence-electron chi connectivity index (χ2n) is 5.50. The maximum absolute atomic E-state index is 6.11. The number of anilines is 1. The van der Waals surface area contributed by atoms with Crippen LogP contribution in [-0.4, -0.2) is 22.3 Å². The predicted molar refractivity (Wildman–Crippen MR) is 79.9 cm³/mol. The Labute approximate surface area is 124 Å². The highest BCUT2D eigenvalue weighted by Crippen LogP contribution is 2.25. The van der Waals surface area contributed by atoms with Crippen LogP contribution in [0.4, 0.5) is 6.01 Å². The van der Waals surface area contributed by atoms with E-state index < -0.39 is 0 Å². The lowest BCUT2D eigenvalue weighted by molar-refractivity contribution is 0.00831. The van der Waals surface area contributed by atoms with Gasteiger partial charge in [-0.25, -0.2) is 0 Å². The summed E-state index contributed by atoms with van der Waals surface area (Å²) in [6, 6.07) is 11.0. The van der Waals surface area contributed by atoms with Crippen molar-refractivity contribution in [1.82, 2.24) is 10.2 Å². The van der Waals surface area contributed by atoms with Crippen LogP contribution in [0.3, 0.4) is 0 Å². The first-order valence-electron chi connectivity index (χ1n) is 7.53. The smallest absolute Gasteiger partial charge is 0.315 e. The number of hydrogen-bond acceptors (Lipinski definition) is 5. The van der Waals surface area contributed by atoms with E-state index in [0.29, 0.717) is 18.5 Å². The Balaban J connectivity index is 1.59. The quantitative estimate of drug-likeness (QED) is 0.914. The number of nitrogens with zero attached hydrogens (tertiary/aromatic N) is 2. The molecule has 1 N–H and O–H groups in total. The molecule has 5 nitrogen and oxygen atoms in total. The summed E-state index contributed by atoms with van der Waals surface area (Å²) < 4.78 is 11.5. The van der Waals surface area contributed by atoms with Crippen LogP contribution in [0.15, 0.2) is 34.7 Å². The zero-order chi connectivity index (χ0) is 14.5. The highest BCUT2D eigenvalue weighted by atomic mass is 16.5. The minimum Gasteiger partial charge on any atom is -0.408 e. The van der Waals surface area contributed by atoms with Gasteiger partial charge in [0.25, 0.3) is 0 Å². The van der Waals surface area contributed by atoms with Gasteiger partial charge in [-0.1, -0.05) is 48.3 Å². The number of aromatic nitrogens is 2. The van der Waals surface area contributed by atoms with Crippen LogP contribution >= 0.6 is 0 Å². The van der Waals surface area contributed by atoms with Gasteiger partial charge in [-0.15, -0.1) is 5.10 Å². The van der Waals surface area contributed by atoms with Crippen LogP contribution in [0.25, 0.3) is 0 Å². The van der Waals surface area contributed by atoms with Crippen molar-refractivity contribution in [1.29, 1.82) is 0 Å². The van der Waals surface area contributed by atoms with Crippen molar-refractivity contribution in [3.05, 3.63) is 41.8 Å². The van der Waals surface area contributed by atoms with Crippen molar-refractivity contribution < 1.29 is 9.15 Å². The Morgan fingerprint density at radius 3 is 2.76 bits per heavy atom. The highest BCUT2D eigenvalue weighted by Gasteiger charge is 2.27. The standard InChI is InChI=1S/C16H21N3O2/c1-12-18-19-16(21-12)17-14-9-5-6-10-15(14)20-11-13-7-3-2-4-8-13/h2-4,7-8,14-15H,5-6,9-11H2,1H3,(H,17,19)/t14-,15-/m1/s1. The van der Waals surface area contributed by atoms with Crippen molar-refractivity contribution in [3.8, 4) is 0 Å². The summed E-state index contributed by atoms with van der Waals surface area (Å²) in [6.07, 6.45) is 4.74. The van der Waals surface area contributed by atoms with E-state index in [4.69, 9.17) is 9.15 Å². The first kappa shape index (κ1) is 14.1. The lowest BCUT2D eigenvalue weighted by atomic mass is 9.92. The van der Waals surface area contributed by atoms with Crippen molar-refractivity contribution >= 4 is 6.01 Å². The van der Waals surface area contributed by atoms with Gasteiger partial charge in [0.05, 0.1) is 18.8 Å². The molecule has 2 atom stereocenters. The Hall–Kier alpha value is -1.88. The van der Waals surface area contributed by atoms with Gasteiger partial charge in [0.2, 0.25) is 5.89 Å². The van der Waals surface area contributed by atoms with E-state index in [-0.39, 0.29) is 12.1 Å². The van der Waals surface area contributed by atoms with E-state index in [9.17, 15) is 0 Å². The van der Waals surface area contributed by atoms with Crippen LogP contribution in [-0.2, 0) is 11.3 Å². The molecule has 1 aromatic heterocycles. The molecular formula is C16H21N3O2. The average molecular weight is 287 g/mol. The van der Waals surface area contributed by atoms with E-state index >= 15 is 0 Å². The zero-order valence-corrected chi connectivity index (χ0v) is 12.3. The van der Waals surface area contributed by atoms with E-state index in [1.807, 2.05) is 18.2 Å². The van der Waals surface area contributed by atoms with Gasteiger partial charge in [-0.2, -0.15) is 0 Å². The molecule has 1 aromatic carbocycles. The molecule has 0 unspecified atom stereocenters. The first-order valence-corrected chi connectivity index (χ1v) is 7.53. The average Bonchev–Trinajstić information content (AvgIpc) is 2.93. The minimum absolute atomic E-state index is 0.186. The van der Waals surface area contributed by atoms with Gasteiger partial charge >= 0.3 is 6.01 Å². The van der Waals surface area contributed by atoms with Crippen LogP contribution < -0.4 is 5.32 Å². The fourth-order valence-electron chi connectivity index (χ4n) is 2.75. The molecule has 2 aromatic rings. The molecule has 1 fully saturated rings. The Morgan fingerprint density at radius 2 is 2.00 bits per heavy atom. The third kappa shape index (κ3) is 3.82. The fraction of sp³-hybridized carbons (Fsp3) is 0.500. The molecule has 0 bridgehead atoms. The first-order chi connectivity index (χ1) is 10.3. The molecule has 0 radical (unpaired) electrons. The number of aryl methyl sites for hydroxylation is 1. The van der Waals surface area contributed by atoms with Gasteiger partial charge in [0, 0.05) is 6.92 Å². The maximum Gasteiger partial charge on any atom is 0.315 e. The van der Waals surface area contributed by atoms with Gasteiger partial charge in [-0.05, 0) is 18.4 Å². The molecule has 1 heterocycles. The van der Waals surface area contributed by atoms with Gasteiger partial charge < -0.3 is 14.5 Å². The van der Waals surface area contributed by atoms with Gasteiger partial charge in [0.1, 0.15) is 0 Å². The highest BCUT2D eigenvalue weighted by molar-refractivity contribution is 5.21. The third-order valence-electron chi connectivity index (χ3n) is 3.84. The number of nitrogens with one attached hydrogen (secondary N) is 1. The molecule has 1 aliphatic carbocycles. The molecule has 0 aliphatic heterocycles. The monoisotopic (exact) mass is 287 g/mol. The molecule has 0 amide bonds. The van der Waals surface area contributed by atoms with Crippen molar-refractivity contribution in [2.45, 2.75) is 51.4 Å². The van der Waals surface area contributed by atoms with Crippen molar-refractivity contribution in [3.63, 3.8) is 0 Å². The third-order valence-corrected chi connectivity index (χ3v) is 3.84. The number of ether oxygens (including phenoxy) is 1. The summed E-state index contributed by atoms with van der Waals surface area (Å²) in [7, 11) is 0. The number of benzene rings is 1. The van der Waals surface area contributed by atoms with Crippen molar-refractivity contribution in [2.75, 3.05) is 5.32 Å². The minimum atomic E-state index is 0.186. The largest absolute Gasteiger partial charge is 0.408 e. The van der Waals surface area contributed by atoms with Gasteiger partial charge in [-0.3, -0.25) is 0 Å². The molecule has 3 rings (SSSR count).